The first-order valence-electron chi connectivity index (χ1n) is 10.5. The first-order chi connectivity index (χ1) is 16.4. The summed E-state index contributed by atoms with van der Waals surface area (Å²) in [7, 11) is 0. The average Bonchev–Trinajstić information content (AvgIpc) is 3.40. The van der Waals surface area contributed by atoms with Gasteiger partial charge in [0.05, 0.1) is 22.1 Å². The summed E-state index contributed by atoms with van der Waals surface area (Å²) >= 11 is 4.19. The number of hydrogen-bond acceptors (Lipinski definition) is 8. The van der Waals surface area contributed by atoms with Crippen molar-refractivity contribution in [1.82, 2.24) is 19.7 Å². The number of anilines is 1. The van der Waals surface area contributed by atoms with Crippen LogP contribution in [0.25, 0.3) is 5.69 Å². The van der Waals surface area contributed by atoms with Crippen molar-refractivity contribution in [3.8, 4) is 5.69 Å². The topological polar surface area (TPSA) is 89.8 Å². The van der Waals surface area contributed by atoms with Crippen molar-refractivity contribution in [2.24, 2.45) is 0 Å². The van der Waals surface area contributed by atoms with Crippen molar-refractivity contribution in [2.75, 3.05) is 11.1 Å². The SMILES string of the molecule is CC(=O)c1sc(NC(=O)CSc2nnc(CSc3ccc(C)cc3)n2-c2ccccc2)nc1C. The molecule has 34 heavy (non-hydrogen) atoms. The van der Waals surface area contributed by atoms with Gasteiger partial charge in [0.15, 0.2) is 16.1 Å². The van der Waals surface area contributed by atoms with Crippen molar-refractivity contribution in [1.29, 1.82) is 0 Å². The molecule has 10 heteroatoms. The molecule has 0 saturated heterocycles. The Morgan fingerprint density at radius 1 is 1.00 bits per heavy atom. The van der Waals surface area contributed by atoms with E-state index in [9.17, 15) is 9.59 Å². The van der Waals surface area contributed by atoms with E-state index in [0.29, 0.717) is 26.6 Å². The van der Waals surface area contributed by atoms with Crippen LogP contribution in [-0.2, 0) is 10.5 Å². The molecule has 0 saturated carbocycles. The minimum Gasteiger partial charge on any atom is -0.301 e. The van der Waals surface area contributed by atoms with Crippen molar-refractivity contribution in [3.05, 3.63) is 76.6 Å². The Kier molecular flexibility index (Phi) is 7.81. The zero-order chi connectivity index (χ0) is 24.1. The lowest BCUT2D eigenvalue weighted by Gasteiger charge is -2.10. The second-order valence-electron chi connectivity index (χ2n) is 7.50. The molecule has 0 radical (unpaired) electrons. The van der Waals surface area contributed by atoms with Gasteiger partial charge in [-0.25, -0.2) is 4.98 Å². The minimum atomic E-state index is -0.216. The number of carbonyl (C=O) groups excluding carboxylic acids is 2. The highest BCUT2D eigenvalue weighted by atomic mass is 32.2. The Hall–Kier alpha value is -2.95. The van der Waals surface area contributed by atoms with Crippen LogP contribution in [0.1, 0.15) is 33.7 Å². The third-order valence-electron chi connectivity index (χ3n) is 4.80. The van der Waals surface area contributed by atoms with Crippen molar-refractivity contribution < 1.29 is 9.59 Å². The quantitative estimate of drug-likeness (QED) is 0.233. The van der Waals surface area contributed by atoms with Gasteiger partial charge in [-0.1, -0.05) is 59.0 Å². The molecule has 0 unspecified atom stereocenters. The number of aromatic nitrogens is 4. The Morgan fingerprint density at radius 3 is 2.41 bits per heavy atom. The molecule has 7 nitrogen and oxygen atoms in total. The fourth-order valence-electron chi connectivity index (χ4n) is 3.17. The molecule has 4 aromatic rings. The number of nitrogens with one attached hydrogen (secondary N) is 1. The number of benzene rings is 2. The molecule has 0 aliphatic heterocycles. The molecular formula is C24H23N5O2S3. The Labute approximate surface area is 210 Å². The van der Waals surface area contributed by atoms with E-state index >= 15 is 0 Å². The molecule has 0 atom stereocenters. The van der Waals surface area contributed by atoms with Gasteiger partial charge in [0.1, 0.15) is 5.82 Å². The largest absolute Gasteiger partial charge is 0.301 e. The normalized spacial score (nSPS) is 10.9. The number of rotatable bonds is 9. The molecule has 1 amide bonds. The molecule has 0 bridgehead atoms. The van der Waals surface area contributed by atoms with Crippen LogP contribution < -0.4 is 5.32 Å². The zero-order valence-electron chi connectivity index (χ0n) is 18.9. The highest BCUT2D eigenvalue weighted by Crippen LogP contribution is 2.28. The number of ketones is 1. The third-order valence-corrected chi connectivity index (χ3v) is 7.91. The highest BCUT2D eigenvalue weighted by Gasteiger charge is 2.18. The molecular weight excluding hydrogens is 486 g/mol. The van der Waals surface area contributed by atoms with Crippen LogP contribution in [0, 0.1) is 13.8 Å². The van der Waals surface area contributed by atoms with Crippen molar-refractivity contribution >= 4 is 51.7 Å². The maximum Gasteiger partial charge on any atom is 0.236 e. The number of amides is 1. The molecule has 0 aliphatic rings. The summed E-state index contributed by atoms with van der Waals surface area (Å²) in [5, 5.41) is 12.6. The van der Waals surface area contributed by atoms with E-state index in [1.54, 1.807) is 18.7 Å². The van der Waals surface area contributed by atoms with E-state index in [1.165, 1.54) is 35.6 Å². The fraction of sp³-hybridized carbons (Fsp3) is 0.208. The van der Waals surface area contributed by atoms with Gasteiger partial charge in [-0.3, -0.25) is 14.2 Å². The maximum atomic E-state index is 12.6. The predicted octanol–water partition coefficient (Wildman–Crippen LogP) is 5.57. The highest BCUT2D eigenvalue weighted by molar-refractivity contribution is 7.99. The first-order valence-corrected chi connectivity index (χ1v) is 13.3. The predicted molar refractivity (Wildman–Crippen MR) is 138 cm³/mol. The first kappa shape index (κ1) is 24.2. The van der Waals surface area contributed by atoms with E-state index in [2.05, 4.69) is 51.7 Å². The Morgan fingerprint density at radius 2 is 1.74 bits per heavy atom. The molecule has 4 rings (SSSR count). The van der Waals surface area contributed by atoms with E-state index < -0.39 is 0 Å². The van der Waals surface area contributed by atoms with Gasteiger partial charge in [-0.15, -0.1) is 22.0 Å². The van der Waals surface area contributed by atoms with Crippen molar-refractivity contribution in [3.63, 3.8) is 0 Å². The van der Waals surface area contributed by atoms with Crippen LogP contribution in [0.2, 0.25) is 0 Å². The summed E-state index contributed by atoms with van der Waals surface area (Å²) in [5.41, 5.74) is 2.79. The number of para-hydroxylation sites is 1. The zero-order valence-corrected chi connectivity index (χ0v) is 21.4. The van der Waals surface area contributed by atoms with Gasteiger partial charge >= 0.3 is 0 Å². The molecule has 2 aromatic heterocycles. The van der Waals surface area contributed by atoms with Crippen LogP contribution in [0.3, 0.4) is 0 Å². The fourth-order valence-corrected chi connectivity index (χ4v) is 5.63. The molecule has 2 heterocycles. The standard InChI is InChI=1S/C24H23N5O2S3/c1-15-9-11-19(12-10-15)32-13-20-27-28-24(29(20)18-7-5-4-6-8-18)33-14-21(31)26-23-25-16(2)22(34-23)17(3)30/h4-12H,13-14H2,1-3H3,(H,25,26,31). The number of aryl methyl sites for hydroxylation is 2. The number of hydrogen-bond donors (Lipinski definition) is 1. The summed E-state index contributed by atoms with van der Waals surface area (Å²) in [6.45, 7) is 5.32. The maximum absolute atomic E-state index is 12.6. The van der Waals surface area contributed by atoms with Crippen LogP contribution in [0.4, 0.5) is 5.13 Å². The molecule has 0 fully saturated rings. The van der Waals surface area contributed by atoms with Gasteiger partial charge in [0.25, 0.3) is 0 Å². The van der Waals surface area contributed by atoms with Gasteiger partial charge in [-0.2, -0.15) is 0 Å². The molecule has 0 spiro atoms. The van der Waals surface area contributed by atoms with Crippen molar-refractivity contribution in [2.45, 2.75) is 36.6 Å². The number of thiazole rings is 1. The minimum absolute atomic E-state index is 0.0585. The summed E-state index contributed by atoms with van der Waals surface area (Å²) in [6, 6.07) is 18.3. The van der Waals surface area contributed by atoms with Crippen LogP contribution in [0.5, 0.6) is 0 Å². The van der Waals surface area contributed by atoms with Gasteiger partial charge < -0.3 is 5.32 Å². The molecule has 1 N–H and O–H groups in total. The molecule has 0 aliphatic carbocycles. The summed E-state index contributed by atoms with van der Waals surface area (Å²) < 4.78 is 1.99. The number of thioether (sulfide) groups is 2. The monoisotopic (exact) mass is 509 g/mol. The van der Waals surface area contributed by atoms with E-state index in [-0.39, 0.29) is 17.4 Å². The Balaban J connectivity index is 1.47. The lowest BCUT2D eigenvalue weighted by Crippen LogP contribution is -2.14. The molecule has 2 aromatic carbocycles. The van der Waals surface area contributed by atoms with E-state index in [1.807, 2.05) is 34.9 Å². The lowest BCUT2D eigenvalue weighted by atomic mass is 10.2. The second-order valence-corrected chi connectivity index (χ2v) is 10.5. The number of carbonyl (C=O) groups is 2. The van der Waals surface area contributed by atoms with Crippen LogP contribution in [0.15, 0.2) is 64.6 Å². The number of nitrogens with zero attached hydrogens (tertiary/aromatic N) is 4. The second kappa shape index (κ2) is 11.0. The summed E-state index contributed by atoms with van der Waals surface area (Å²) in [6.07, 6.45) is 0. The Bertz CT molecular complexity index is 1300. The number of Topliss-reactive ketones (excluding diaryl/α,β-unsaturated/α-hetero) is 1. The smallest absolute Gasteiger partial charge is 0.236 e. The van der Waals surface area contributed by atoms with Crippen LogP contribution in [-0.4, -0.2) is 37.2 Å². The lowest BCUT2D eigenvalue weighted by molar-refractivity contribution is -0.113. The van der Waals surface area contributed by atoms with E-state index in [0.717, 1.165) is 16.4 Å². The van der Waals surface area contributed by atoms with Gasteiger partial charge in [0.2, 0.25) is 5.91 Å². The van der Waals surface area contributed by atoms with Crippen LogP contribution >= 0.6 is 34.9 Å². The van der Waals surface area contributed by atoms with Gasteiger partial charge in [-0.05, 0) is 38.1 Å². The van der Waals surface area contributed by atoms with E-state index in [4.69, 9.17) is 0 Å². The van der Waals surface area contributed by atoms with Gasteiger partial charge in [0, 0.05) is 17.5 Å². The molecule has 174 valence electrons. The summed E-state index contributed by atoms with van der Waals surface area (Å²) in [4.78, 5) is 30.2. The third kappa shape index (κ3) is 5.94. The average molecular weight is 510 g/mol. The summed E-state index contributed by atoms with van der Waals surface area (Å²) in [5.74, 6) is 1.32.